The number of rotatable bonds is 6. The maximum Gasteiger partial charge on any atom is 0.407 e. The molecule has 10 heteroatoms. The normalized spacial score (nSPS) is 12.7. The van der Waals surface area contributed by atoms with Gasteiger partial charge in [-0.3, -0.25) is 4.98 Å². The number of hydrogen-bond acceptors (Lipinski definition) is 7. The molecule has 4 aromatic rings. The number of carbonyl (C=O) groups excluding carboxylic acids is 1. The van der Waals surface area contributed by atoms with Crippen molar-refractivity contribution in [3.63, 3.8) is 0 Å². The summed E-state index contributed by atoms with van der Waals surface area (Å²) in [7, 11) is 0. The van der Waals surface area contributed by atoms with E-state index in [1.165, 1.54) is 6.33 Å². The third-order valence-electron chi connectivity index (χ3n) is 5.30. The van der Waals surface area contributed by atoms with E-state index in [1.807, 2.05) is 30.5 Å². The Bertz CT molecular complexity index is 1350. The van der Waals surface area contributed by atoms with E-state index in [2.05, 4.69) is 49.0 Å². The van der Waals surface area contributed by atoms with Crippen molar-refractivity contribution < 1.29 is 14.6 Å². The average Bonchev–Trinajstić information content (AvgIpc) is 3.05. The lowest BCUT2D eigenvalue weighted by atomic mass is 10.0. The maximum atomic E-state index is 12.4. The Labute approximate surface area is 210 Å². The van der Waals surface area contributed by atoms with Crippen LogP contribution in [-0.4, -0.2) is 49.0 Å². The molecule has 0 spiro atoms. The molecule has 0 aliphatic rings. The number of aliphatic hydroxyl groups excluding tert-OH is 1. The van der Waals surface area contributed by atoms with Gasteiger partial charge in [-0.1, -0.05) is 18.2 Å². The van der Waals surface area contributed by atoms with E-state index in [9.17, 15) is 9.90 Å². The molecule has 0 saturated carbocycles. The molecule has 0 aliphatic heterocycles. The lowest BCUT2D eigenvalue weighted by Crippen LogP contribution is -2.41. The van der Waals surface area contributed by atoms with E-state index in [1.54, 1.807) is 25.3 Å². The topological polar surface area (TPSA) is 128 Å². The summed E-state index contributed by atoms with van der Waals surface area (Å²) in [5.74, 6) is 0.348. The number of pyridine rings is 1. The number of anilines is 1. The van der Waals surface area contributed by atoms with Crippen molar-refractivity contribution in [2.24, 2.45) is 0 Å². The SMILES string of the molecule is CC(C)(C)OC(=O)N[C@@H](CCO)Cc1c(I)c(-c2cnc3ccccc3c2)c2c(N)ncnn12. The average molecular weight is 574 g/mol. The maximum absolute atomic E-state index is 12.4. The fourth-order valence-electron chi connectivity index (χ4n) is 3.88. The van der Waals surface area contributed by atoms with Crippen LogP contribution in [0.25, 0.3) is 27.5 Å². The molecule has 178 valence electrons. The molecule has 9 nitrogen and oxygen atoms in total. The highest BCUT2D eigenvalue weighted by molar-refractivity contribution is 14.1. The molecule has 4 rings (SSSR count). The molecule has 0 fully saturated rings. The van der Waals surface area contributed by atoms with Crippen LogP contribution in [0.5, 0.6) is 0 Å². The fraction of sp³-hybridized carbons (Fsp3) is 0.333. The Morgan fingerprint density at radius 2 is 2.06 bits per heavy atom. The van der Waals surface area contributed by atoms with E-state index in [-0.39, 0.29) is 12.6 Å². The number of aliphatic hydroxyl groups is 1. The molecule has 3 aromatic heterocycles. The molecule has 1 amide bonds. The Morgan fingerprint density at radius 3 is 2.79 bits per heavy atom. The van der Waals surface area contributed by atoms with Crippen molar-refractivity contribution >= 4 is 50.9 Å². The van der Waals surface area contributed by atoms with Gasteiger partial charge in [0.1, 0.15) is 17.4 Å². The zero-order valence-electron chi connectivity index (χ0n) is 19.2. The van der Waals surface area contributed by atoms with Crippen LogP contribution in [0.4, 0.5) is 10.6 Å². The molecule has 1 aromatic carbocycles. The largest absolute Gasteiger partial charge is 0.444 e. The van der Waals surface area contributed by atoms with Crippen LogP contribution in [0.15, 0.2) is 42.9 Å². The summed E-state index contributed by atoms with van der Waals surface area (Å²) in [6.45, 7) is 5.33. The molecule has 0 saturated heterocycles. The second-order valence-corrected chi connectivity index (χ2v) is 10.1. The standard InChI is InChI=1S/C24H27IN6O3/c1-24(2,3)34-23(33)30-16(8-9-32)11-18-20(25)19(21-22(26)28-13-29-31(18)21)15-10-14-6-4-5-7-17(14)27-12-15/h4-7,10,12-13,16,32H,8-9,11H2,1-3H3,(H,30,33)(H2,26,28,29)/t16-/m0/s1. The number of para-hydroxylation sites is 1. The Balaban J connectivity index is 1.78. The van der Waals surface area contributed by atoms with E-state index in [4.69, 9.17) is 10.5 Å². The Hall–Kier alpha value is -2.99. The highest BCUT2D eigenvalue weighted by Gasteiger charge is 2.26. The van der Waals surface area contributed by atoms with Gasteiger partial charge in [-0.15, -0.1) is 0 Å². The molecule has 4 N–H and O–H groups in total. The minimum atomic E-state index is -0.623. The smallest absolute Gasteiger partial charge is 0.407 e. The van der Waals surface area contributed by atoms with Gasteiger partial charge in [0.2, 0.25) is 0 Å². The summed E-state index contributed by atoms with van der Waals surface area (Å²) in [6, 6.07) is 9.61. The van der Waals surface area contributed by atoms with Crippen molar-refractivity contribution in [3.8, 4) is 11.1 Å². The number of nitrogens with zero attached hydrogens (tertiary/aromatic N) is 4. The summed E-state index contributed by atoms with van der Waals surface area (Å²) >= 11 is 2.28. The number of benzene rings is 1. The first-order valence-corrected chi connectivity index (χ1v) is 12.0. The van der Waals surface area contributed by atoms with Crippen molar-refractivity contribution in [1.29, 1.82) is 0 Å². The van der Waals surface area contributed by atoms with Crippen molar-refractivity contribution in [2.75, 3.05) is 12.3 Å². The number of ether oxygens (including phenoxy) is 1. The summed E-state index contributed by atoms with van der Waals surface area (Å²) < 4.78 is 8.10. The number of carbonyl (C=O) groups is 1. The van der Waals surface area contributed by atoms with Crippen LogP contribution >= 0.6 is 22.6 Å². The van der Waals surface area contributed by atoms with Gasteiger partial charge in [0.25, 0.3) is 0 Å². The van der Waals surface area contributed by atoms with Gasteiger partial charge in [0.05, 0.1) is 11.2 Å². The summed E-state index contributed by atoms with van der Waals surface area (Å²) in [5.41, 5.74) is 9.89. The quantitative estimate of drug-likeness (QED) is 0.298. The first-order valence-electron chi connectivity index (χ1n) is 10.9. The van der Waals surface area contributed by atoms with E-state index in [0.717, 1.165) is 31.3 Å². The molecule has 0 aliphatic carbocycles. The van der Waals surface area contributed by atoms with Gasteiger partial charge < -0.3 is 20.9 Å². The van der Waals surface area contributed by atoms with E-state index >= 15 is 0 Å². The molecular weight excluding hydrogens is 547 g/mol. The molecule has 0 radical (unpaired) electrons. The van der Waals surface area contributed by atoms with Crippen LogP contribution in [0, 0.1) is 3.57 Å². The predicted molar refractivity (Wildman–Crippen MR) is 139 cm³/mol. The molecule has 3 heterocycles. The number of fused-ring (bicyclic) bond motifs is 2. The van der Waals surface area contributed by atoms with E-state index in [0.29, 0.717) is 24.2 Å². The Kier molecular flexibility index (Phi) is 6.89. The zero-order valence-corrected chi connectivity index (χ0v) is 21.4. The van der Waals surface area contributed by atoms with Crippen molar-refractivity contribution in [2.45, 2.75) is 45.3 Å². The second kappa shape index (κ2) is 9.71. The molecule has 0 unspecified atom stereocenters. The predicted octanol–water partition coefficient (Wildman–Crippen LogP) is 3.95. The monoisotopic (exact) mass is 574 g/mol. The molecule has 34 heavy (non-hydrogen) atoms. The van der Waals surface area contributed by atoms with E-state index < -0.39 is 11.7 Å². The molecule has 1 atom stereocenters. The number of nitrogens with two attached hydrogens (primary N) is 1. The summed E-state index contributed by atoms with van der Waals surface area (Å²) in [4.78, 5) is 21.2. The highest BCUT2D eigenvalue weighted by Crippen LogP contribution is 2.37. The number of nitrogen functional groups attached to an aromatic ring is 1. The van der Waals surface area contributed by atoms with Gasteiger partial charge in [-0.2, -0.15) is 5.10 Å². The number of nitrogens with one attached hydrogen (secondary N) is 1. The first-order chi connectivity index (χ1) is 16.2. The van der Waals surface area contributed by atoms with Gasteiger partial charge in [-0.05, 0) is 61.9 Å². The minimum absolute atomic E-state index is 0.0844. The molecule has 0 bridgehead atoms. The number of hydrogen-bond donors (Lipinski definition) is 3. The van der Waals surface area contributed by atoms with Crippen LogP contribution < -0.4 is 11.1 Å². The lowest BCUT2D eigenvalue weighted by molar-refractivity contribution is 0.0497. The van der Waals surface area contributed by atoms with Crippen LogP contribution in [0.1, 0.15) is 32.9 Å². The van der Waals surface area contributed by atoms with Gasteiger partial charge >= 0.3 is 6.09 Å². The van der Waals surface area contributed by atoms with Crippen LogP contribution in [0.3, 0.4) is 0 Å². The summed E-state index contributed by atoms with van der Waals surface area (Å²) in [6.07, 6.45) is 3.47. The number of aromatic nitrogens is 4. The van der Waals surface area contributed by atoms with Crippen LogP contribution in [0.2, 0.25) is 0 Å². The van der Waals surface area contributed by atoms with Gasteiger partial charge in [-0.25, -0.2) is 14.3 Å². The zero-order chi connectivity index (χ0) is 24.5. The number of amides is 1. The second-order valence-electron chi connectivity index (χ2n) is 9.02. The first kappa shape index (κ1) is 24.1. The third-order valence-corrected chi connectivity index (χ3v) is 6.46. The summed E-state index contributed by atoms with van der Waals surface area (Å²) in [5, 5.41) is 18.0. The number of alkyl carbamates (subject to hydrolysis) is 1. The minimum Gasteiger partial charge on any atom is -0.444 e. The van der Waals surface area contributed by atoms with Crippen LogP contribution in [-0.2, 0) is 11.2 Å². The Morgan fingerprint density at radius 1 is 1.29 bits per heavy atom. The lowest BCUT2D eigenvalue weighted by Gasteiger charge is -2.23. The van der Waals surface area contributed by atoms with Crippen molar-refractivity contribution in [3.05, 3.63) is 52.1 Å². The van der Waals surface area contributed by atoms with Gasteiger partial charge in [0, 0.05) is 45.3 Å². The van der Waals surface area contributed by atoms with Crippen molar-refractivity contribution in [1.82, 2.24) is 24.9 Å². The molecular formula is C24H27IN6O3. The highest BCUT2D eigenvalue weighted by atomic mass is 127. The fourth-order valence-corrected chi connectivity index (χ4v) is 4.90. The number of halogens is 1. The van der Waals surface area contributed by atoms with Gasteiger partial charge in [0.15, 0.2) is 5.82 Å². The third kappa shape index (κ3) is 5.07.